The highest BCUT2D eigenvalue weighted by molar-refractivity contribution is 5.95. The third kappa shape index (κ3) is 9.71. The van der Waals surface area contributed by atoms with E-state index in [0.29, 0.717) is 30.8 Å². The molecule has 12 heteroatoms. The number of carboxylic acid groups (broad SMARTS) is 1. The Morgan fingerprint density at radius 1 is 1.08 bits per heavy atom. The molecule has 2 rings (SSSR count). The summed E-state index contributed by atoms with van der Waals surface area (Å²) in [6.45, 7) is 6.39. The number of carbonyl (C=O) groups is 4. The van der Waals surface area contributed by atoms with E-state index in [-0.39, 0.29) is 30.7 Å². The molecule has 3 amide bonds. The van der Waals surface area contributed by atoms with Crippen molar-refractivity contribution in [3.63, 3.8) is 0 Å². The van der Waals surface area contributed by atoms with Crippen molar-refractivity contribution in [3.05, 3.63) is 29.8 Å². The van der Waals surface area contributed by atoms with Gasteiger partial charge in [-0.3, -0.25) is 24.6 Å². The Morgan fingerprint density at radius 3 is 2.24 bits per heavy atom. The first-order valence-electron chi connectivity index (χ1n) is 12.3. The van der Waals surface area contributed by atoms with Gasteiger partial charge < -0.3 is 36.0 Å². The van der Waals surface area contributed by atoms with Gasteiger partial charge >= 0.3 is 5.97 Å². The second-order valence-electron chi connectivity index (χ2n) is 9.47. The number of rotatable bonds is 13. The average molecular weight is 519 g/mol. The summed E-state index contributed by atoms with van der Waals surface area (Å²) in [5.41, 5.74) is 5.99. The van der Waals surface area contributed by atoms with Crippen molar-refractivity contribution in [1.82, 2.24) is 20.4 Å². The maximum absolute atomic E-state index is 13.1. The Morgan fingerprint density at radius 2 is 1.70 bits per heavy atom. The number of piperazine rings is 1. The van der Waals surface area contributed by atoms with E-state index < -0.39 is 36.3 Å². The molecule has 1 aliphatic rings. The van der Waals surface area contributed by atoms with Gasteiger partial charge in [-0.2, -0.15) is 0 Å². The van der Waals surface area contributed by atoms with Crippen LogP contribution in [0.2, 0.25) is 0 Å². The molecular formula is C25H38N6O6. The zero-order chi connectivity index (χ0) is 27.5. The molecule has 6 N–H and O–H groups in total. The number of ether oxygens (including phenoxy) is 1. The highest BCUT2D eigenvalue weighted by atomic mass is 16.5. The van der Waals surface area contributed by atoms with Gasteiger partial charge in [0, 0.05) is 38.2 Å². The number of amides is 3. The molecule has 1 heterocycles. The van der Waals surface area contributed by atoms with Crippen LogP contribution in [-0.2, 0) is 19.2 Å². The molecule has 37 heavy (non-hydrogen) atoms. The first-order valence-corrected chi connectivity index (χ1v) is 12.3. The minimum atomic E-state index is -1.31. The Kier molecular flexibility index (Phi) is 11.3. The number of benzene rings is 1. The Balaban J connectivity index is 1.89. The first kappa shape index (κ1) is 29.6. The van der Waals surface area contributed by atoms with E-state index in [1.54, 1.807) is 43.0 Å². The van der Waals surface area contributed by atoms with Crippen molar-refractivity contribution in [2.75, 3.05) is 39.8 Å². The van der Waals surface area contributed by atoms with E-state index in [0.717, 1.165) is 13.1 Å². The lowest BCUT2D eigenvalue weighted by molar-refractivity contribution is -0.142. The fraction of sp³-hybridized carbons (Fsp3) is 0.560. The predicted octanol–water partition coefficient (Wildman–Crippen LogP) is 0.00397. The average Bonchev–Trinajstić information content (AvgIpc) is 2.84. The van der Waals surface area contributed by atoms with Gasteiger partial charge in [0.15, 0.2) is 0 Å². The van der Waals surface area contributed by atoms with E-state index in [4.69, 9.17) is 15.9 Å². The number of aliphatic carboxylic acids is 1. The molecule has 1 aliphatic heterocycles. The lowest BCUT2D eigenvalue weighted by atomic mass is 10.0. The molecule has 1 aromatic carbocycles. The number of nitrogens with one attached hydrogen (secondary N) is 3. The molecule has 1 aromatic rings. The van der Waals surface area contributed by atoms with Crippen LogP contribution in [0.4, 0.5) is 0 Å². The van der Waals surface area contributed by atoms with Crippen LogP contribution in [0.1, 0.15) is 38.7 Å². The van der Waals surface area contributed by atoms with E-state index in [1.165, 1.54) is 0 Å². The van der Waals surface area contributed by atoms with Crippen LogP contribution in [0.5, 0.6) is 5.75 Å². The summed E-state index contributed by atoms with van der Waals surface area (Å²) in [6, 6.07) is 4.49. The highest BCUT2D eigenvalue weighted by Gasteiger charge is 2.33. The van der Waals surface area contributed by atoms with Crippen molar-refractivity contribution in [2.24, 2.45) is 11.7 Å². The number of nitrogens with two attached hydrogens (primary N) is 1. The molecule has 1 saturated heterocycles. The Labute approximate surface area is 217 Å². The molecule has 0 bridgehead atoms. The van der Waals surface area contributed by atoms with Gasteiger partial charge in [0.1, 0.15) is 23.7 Å². The maximum Gasteiger partial charge on any atom is 0.305 e. The molecule has 0 radical (unpaired) electrons. The van der Waals surface area contributed by atoms with Crippen LogP contribution in [-0.4, -0.2) is 96.4 Å². The summed E-state index contributed by atoms with van der Waals surface area (Å²) < 4.78 is 5.57. The molecule has 0 spiro atoms. The van der Waals surface area contributed by atoms with Crippen LogP contribution >= 0.6 is 0 Å². The predicted molar refractivity (Wildman–Crippen MR) is 137 cm³/mol. The number of hydrogen-bond acceptors (Lipinski definition) is 7. The minimum absolute atomic E-state index is 0.0166. The summed E-state index contributed by atoms with van der Waals surface area (Å²) in [7, 11) is 1.97. The van der Waals surface area contributed by atoms with Crippen molar-refractivity contribution >= 4 is 29.5 Å². The number of carbonyl (C=O) groups excluding carboxylic acids is 3. The van der Waals surface area contributed by atoms with Gasteiger partial charge in [-0.25, -0.2) is 0 Å². The highest BCUT2D eigenvalue weighted by Crippen LogP contribution is 2.13. The van der Waals surface area contributed by atoms with Crippen molar-refractivity contribution < 1.29 is 29.0 Å². The topological polar surface area (TPSA) is 178 Å². The molecule has 2 atom stereocenters. The third-order valence-corrected chi connectivity index (χ3v) is 6.06. The standard InChI is InChI=1S/C25H38N6O6/c1-16(2)22(25(36)31-12-10-30(3)11-13-31)29-24(35)19(15-21(33)34)28-20(32)5-4-14-37-18-8-6-17(7-9-18)23(26)27/h6-9,16,19,22H,4-5,10-15H2,1-3H3,(H3,26,27)(H,28,32)(H,29,35)(H,33,34)/t19-,22-/m0/s1. The maximum atomic E-state index is 13.1. The summed E-state index contributed by atoms with van der Waals surface area (Å²) in [4.78, 5) is 53.6. The Bertz CT molecular complexity index is 959. The molecule has 0 saturated carbocycles. The van der Waals surface area contributed by atoms with Gasteiger partial charge in [-0.1, -0.05) is 13.8 Å². The number of amidine groups is 1. The fourth-order valence-corrected chi connectivity index (χ4v) is 3.79. The minimum Gasteiger partial charge on any atom is -0.494 e. The van der Waals surface area contributed by atoms with Gasteiger partial charge in [-0.15, -0.1) is 0 Å². The summed E-state index contributed by atoms with van der Waals surface area (Å²) in [6.07, 6.45) is -0.259. The lowest BCUT2D eigenvalue weighted by Gasteiger charge is -2.36. The van der Waals surface area contributed by atoms with E-state index in [2.05, 4.69) is 15.5 Å². The van der Waals surface area contributed by atoms with Gasteiger partial charge in [0.05, 0.1) is 13.0 Å². The van der Waals surface area contributed by atoms with Crippen molar-refractivity contribution in [2.45, 2.75) is 45.2 Å². The summed E-state index contributed by atoms with van der Waals surface area (Å²) in [5, 5.41) is 21.8. The third-order valence-electron chi connectivity index (χ3n) is 6.06. The number of likely N-dealkylation sites (N-methyl/N-ethyl adjacent to an activating group) is 1. The van der Waals surface area contributed by atoms with Gasteiger partial charge in [0.2, 0.25) is 17.7 Å². The Hall–Kier alpha value is -3.67. The van der Waals surface area contributed by atoms with Gasteiger partial charge in [-0.05, 0) is 43.7 Å². The smallest absolute Gasteiger partial charge is 0.305 e. The monoisotopic (exact) mass is 518 g/mol. The normalized spacial score (nSPS) is 15.5. The van der Waals surface area contributed by atoms with Crippen LogP contribution < -0.4 is 21.1 Å². The fourth-order valence-electron chi connectivity index (χ4n) is 3.79. The van der Waals surface area contributed by atoms with Crippen molar-refractivity contribution in [1.29, 1.82) is 5.41 Å². The van der Waals surface area contributed by atoms with Crippen LogP contribution in [0.25, 0.3) is 0 Å². The second-order valence-corrected chi connectivity index (χ2v) is 9.47. The zero-order valence-corrected chi connectivity index (χ0v) is 21.7. The molecule has 12 nitrogen and oxygen atoms in total. The van der Waals surface area contributed by atoms with Crippen LogP contribution in [0.3, 0.4) is 0 Å². The van der Waals surface area contributed by atoms with E-state index in [1.807, 2.05) is 7.05 Å². The summed E-state index contributed by atoms with van der Waals surface area (Å²) in [5.74, 6) is -2.39. The number of nitrogen functional groups attached to an aromatic ring is 1. The second kappa shape index (κ2) is 14.2. The molecule has 0 aliphatic carbocycles. The lowest BCUT2D eigenvalue weighted by Crippen LogP contribution is -2.58. The zero-order valence-electron chi connectivity index (χ0n) is 21.7. The number of nitrogens with zero attached hydrogens (tertiary/aromatic N) is 2. The molecule has 1 fully saturated rings. The quantitative estimate of drug-likeness (QED) is 0.138. The molecule has 204 valence electrons. The SMILES string of the molecule is CC(C)[C@H](NC(=O)[C@H](CC(=O)O)NC(=O)CCCOc1ccc(C(=N)N)cc1)C(=O)N1CCN(C)CC1. The molecular weight excluding hydrogens is 480 g/mol. The van der Waals surface area contributed by atoms with Crippen LogP contribution in [0.15, 0.2) is 24.3 Å². The van der Waals surface area contributed by atoms with Gasteiger partial charge in [0.25, 0.3) is 0 Å². The number of hydrogen-bond donors (Lipinski definition) is 5. The van der Waals surface area contributed by atoms with E-state index >= 15 is 0 Å². The van der Waals surface area contributed by atoms with E-state index in [9.17, 15) is 24.3 Å². The molecule has 0 unspecified atom stereocenters. The summed E-state index contributed by atoms with van der Waals surface area (Å²) >= 11 is 0. The first-order chi connectivity index (χ1) is 17.5. The molecule has 0 aromatic heterocycles. The van der Waals surface area contributed by atoms with Crippen LogP contribution in [0, 0.1) is 11.3 Å². The number of carboxylic acids is 1. The van der Waals surface area contributed by atoms with Crippen molar-refractivity contribution in [3.8, 4) is 5.75 Å². The largest absolute Gasteiger partial charge is 0.494 e.